The molecular weight excluding hydrogens is 531 g/mol. The molecule has 33 heavy (non-hydrogen) atoms. The van der Waals surface area contributed by atoms with Crippen LogP contribution in [0.4, 0.5) is 5.69 Å². The lowest BCUT2D eigenvalue weighted by atomic mass is 10.1. The fraction of sp³-hybridized carbons (Fsp3) is 0.708. The van der Waals surface area contributed by atoms with E-state index in [2.05, 4.69) is 74.5 Å². The van der Waals surface area contributed by atoms with E-state index in [0.29, 0.717) is 19.1 Å². The van der Waals surface area contributed by atoms with Gasteiger partial charge in [-0.05, 0) is 32.9 Å². The number of aliphatic imine (C=N–C) groups is 1. The largest absolute Gasteiger partial charge is 0.387 e. The minimum absolute atomic E-state index is 0. The molecule has 8 nitrogen and oxygen atoms in total. The molecule has 9 heteroatoms. The number of β-amino-alcohol motifs (C(OH)–C–C–N with tert-alkyl or cyclic N) is 1. The molecule has 3 rings (SSSR count). The van der Waals surface area contributed by atoms with Crippen molar-refractivity contribution in [1.82, 2.24) is 20.4 Å². The number of nitrogens with zero attached hydrogens (tertiary/aromatic N) is 4. The van der Waals surface area contributed by atoms with Crippen molar-refractivity contribution in [2.24, 2.45) is 4.99 Å². The Morgan fingerprint density at radius 3 is 2.39 bits per heavy atom. The summed E-state index contributed by atoms with van der Waals surface area (Å²) in [5.41, 5.74) is 0.447. The molecule has 3 N–H and O–H groups in total. The number of rotatable bonds is 9. The van der Waals surface area contributed by atoms with Crippen LogP contribution < -0.4 is 15.5 Å². The number of anilines is 1. The van der Waals surface area contributed by atoms with Gasteiger partial charge in [-0.2, -0.15) is 0 Å². The van der Waals surface area contributed by atoms with Crippen molar-refractivity contribution in [1.29, 1.82) is 0 Å². The summed E-state index contributed by atoms with van der Waals surface area (Å²) < 4.78 is 5.40. The van der Waals surface area contributed by atoms with Crippen LogP contribution >= 0.6 is 24.0 Å². The van der Waals surface area contributed by atoms with E-state index in [0.717, 1.165) is 71.5 Å². The van der Waals surface area contributed by atoms with Gasteiger partial charge in [-0.3, -0.25) is 14.8 Å². The van der Waals surface area contributed by atoms with Crippen LogP contribution in [0.25, 0.3) is 0 Å². The Kier molecular flexibility index (Phi) is 12.2. The Hall–Kier alpha value is -1.14. The Morgan fingerprint density at radius 1 is 1.09 bits per heavy atom. The van der Waals surface area contributed by atoms with Crippen LogP contribution in [0.3, 0.4) is 0 Å². The second-order valence-corrected chi connectivity index (χ2v) is 9.17. The fourth-order valence-corrected chi connectivity index (χ4v) is 4.32. The maximum Gasteiger partial charge on any atom is 0.191 e. The Labute approximate surface area is 216 Å². The lowest BCUT2D eigenvalue weighted by Gasteiger charge is -2.39. The van der Waals surface area contributed by atoms with E-state index in [1.165, 1.54) is 5.69 Å². The minimum atomic E-state index is -0.862. The van der Waals surface area contributed by atoms with Crippen LogP contribution in [0.2, 0.25) is 0 Å². The third-order valence-electron chi connectivity index (χ3n) is 6.21. The molecule has 2 aliphatic heterocycles. The molecule has 0 amide bonds. The molecule has 0 bridgehead atoms. The van der Waals surface area contributed by atoms with Crippen LogP contribution in [0, 0.1) is 0 Å². The highest BCUT2D eigenvalue weighted by Crippen LogP contribution is 2.16. The summed E-state index contributed by atoms with van der Waals surface area (Å²) in [5.74, 6) is 0.768. The van der Waals surface area contributed by atoms with E-state index in [4.69, 9.17) is 4.74 Å². The van der Waals surface area contributed by atoms with E-state index < -0.39 is 5.60 Å². The fourth-order valence-electron chi connectivity index (χ4n) is 4.32. The molecule has 2 fully saturated rings. The standard InChI is InChI=1S/C24H42N6O2.HI/c1-4-25-23(27-19-24(3,31)20-28-14-16-32-17-15-28)26-18-21(2)29-10-12-30(13-11-29)22-8-6-5-7-9-22;/h5-9,21,31H,4,10-20H2,1-3H3,(H2,25,26,27);1H. The number of halogens is 1. The molecule has 2 saturated heterocycles. The first-order valence-corrected chi connectivity index (χ1v) is 12.1. The summed E-state index contributed by atoms with van der Waals surface area (Å²) in [5, 5.41) is 17.6. The molecule has 2 unspecified atom stereocenters. The first-order chi connectivity index (χ1) is 15.5. The Balaban J connectivity index is 0.00000385. The summed E-state index contributed by atoms with van der Waals surface area (Å²) in [6.45, 7) is 16.2. The van der Waals surface area contributed by atoms with Crippen molar-refractivity contribution in [2.45, 2.75) is 32.4 Å². The van der Waals surface area contributed by atoms with E-state index in [1.807, 2.05) is 6.92 Å². The Morgan fingerprint density at radius 2 is 1.76 bits per heavy atom. The number of benzene rings is 1. The number of ether oxygens (including phenoxy) is 1. The highest BCUT2D eigenvalue weighted by Gasteiger charge is 2.25. The van der Waals surface area contributed by atoms with Gasteiger partial charge in [0.25, 0.3) is 0 Å². The van der Waals surface area contributed by atoms with E-state index in [9.17, 15) is 5.11 Å². The molecule has 2 aliphatic rings. The normalized spacial score (nSPS) is 21.1. The van der Waals surface area contributed by atoms with Gasteiger partial charge in [0.1, 0.15) is 0 Å². The van der Waals surface area contributed by atoms with E-state index >= 15 is 0 Å². The van der Waals surface area contributed by atoms with Gasteiger partial charge in [0.05, 0.1) is 25.4 Å². The molecule has 2 atom stereocenters. The van der Waals surface area contributed by atoms with Crippen molar-refractivity contribution in [3.63, 3.8) is 0 Å². The zero-order valence-electron chi connectivity index (χ0n) is 20.5. The number of nitrogens with one attached hydrogen (secondary N) is 2. The molecular formula is C24H43IN6O2. The second-order valence-electron chi connectivity index (χ2n) is 9.17. The topological polar surface area (TPSA) is 75.6 Å². The monoisotopic (exact) mass is 574 g/mol. The number of morpholine rings is 1. The maximum absolute atomic E-state index is 10.8. The van der Waals surface area contributed by atoms with Crippen LogP contribution in [0.5, 0.6) is 0 Å². The third kappa shape index (κ3) is 9.56. The van der Waals surface area contributed by atoms with Gasteiger partial charge >= 0.3 is 0 Å². The number of hydrogen-bond acceptors (Lipinski definition) is 6. The lowest BCUT2D eigenvalue weighted by Crippen LogP contribution is -2.53. The quantitative estimate of drug-likeness (QED) is 0.234. The average molecular weight is 575 g/mol. The molecule has 0 spiro atoms. The molecule has 0 saturated carbocycles. The van der Waals surface area contributed by atoms with Gasteiger partial charge in [0.15, 0.2) is 5.96 Å². The first-order valence-electron chi connectivity index (χ1n) is 12.1. The van der Waals surface area contributed by atoms with Gasteiger partial charge in [0.2, 0.25) is 0 Å². The van der Waals surface area contributed by atoms with Crippen LogP contribution in [-0.2, 0) is 4.74 Å². The number of para-hydroxylation sites is 1. The SMILES string of the molecule is CCNC(=NCC(C)(O)CN1CCOCC1)NCC(C)N1CCN(c2ccccc2)CC1.I. The van der Waals surface area contributed by atoms with E-state index in [-0.39, 0.29) is 24.0 Å². The highest BCUT2D eigenvalue weighted by molar-refractivity contribution is 14.0. The number of aliphatic hydroxyl groups is 1. The molecule has 1 aromatic rings. The van der Waals surface area contributed by atoms with Crippen molar-refractivity contribution >= 4 is 35.6 Å². The van der Waals surface area contributed by atoms with Crippen molar-refractivity contribution in [3.8, 4) is 0 Å². The summed E-state index contributed by atoms with van der Waals surface area (Å²) in [4.78, 5) is 11.9. The van der Waals surface area contributed by atoms with Gasteiger partial charge in [0, 0.05) is 70.6 Å². The minimum Gasteiger partial charge on any atom is -0.387 e. The lowest BCUT2D eigenvalue weighted by molar-refractivity contribution is -0.0180. The molecule has 0 aromatic heterocycles. The molecule has 0 radical (unpaired) electrons. The van der Waals surface area contributed by atoms with Crippen molar-refractivity contribution in [2.75, 3.05) is 83.6 Å². The zero-order chi connectivity index (χ0) is 22.8. The first kappa shape index (κ1) is 28.1. The molecule has 2 heterocycles. The van der Waals surface area contributed by atoms with Gasteiger partial charge in [-0.1, -0.05) is 18.2 Å². The van der Waals surface area contributed by atoms with E-state index in [1.54, 1.807) is 0 Å². The predicted molar refractivity (Wildman–Crippen MR) is 147 cm³/mol. The molecule has 188 valence electrons. The second kappa shape index (κ2) is 14.3. The number of hydrogen-bond donors (Lipinski definition) is 3. The van der Waals surface area contributed by atoms with Crippen LogP contribution in [0.15, 0.2) is 35.3 Å². The highest BCUT2D eigenvalue weighted by atomic mass is 127. The van der Waals surface area contributed by atoms with Crippen LogP contribution in [-0.4, -0.2) is 111 Å². The third-order valence-corrected chi connectivity index (χ3v) is 6.21. The number of guanidine groups is 1. The summed E-state index contributed by atoms with van der Waals surface area (Å²) >= 11 is 0. The summed E-state index contributed by atoms with van der Waals surface area (Å²) in [7, 11) is 0. The summed E-state index contributed by atoms with van der Waals surface area (Å²) in [6, 6.07) is 11.1. The Bertz CT molecular complexity index is 691. The zero-order valence-corrected chi connectivity index (χ0v) is 22.8. The van der Waals surface area contributed by atoms with Gasteiger partial charge in [-0.25, -0.2) is 0 Å². The molecule has 1 aromatic carbocycles. The van der Waals surface area contributed by atoms with Crippen molar-refractivity contribution in [3.05, 3.63) is 30.3 Å². The van der Waals surface area contributed by atoms with Crippen LogP contribution in [0.1, 0.15) is 20.8 Å². The van der Waals surface area contributed by atoms with Crippen molar-refractivity contribution < 1.29 is 9.84 Å². The van der Waals surface area contributed by atoms with Gasteiger partial charge < -0.3 is 25.4 Å². The van der Waals surface area contributed by atoms with Gasteiger partial charge in [-0.15, -0.1) is 24.0 Å². The summed E-state index contributed by atoms with van der Waals surface area (Å²) in [6.07, 6.45) is 0. The smallest absolute Gasteiger partial charge is 0.191 e. The maximum atomic E-state index is 10.8. The number of piperazine rings is 1. The average Bonchev–Trinajstić information content (AvgIpc) is 2.82. The molecule has 0 aliphatic carbocycles. The predicted octanol–water partition coefficient (Wildman–Crippen LogP) is 1.45.